The number of fused-ring (bicyclic) bond motifs is 10. The molecule has 7 nitrogen and oxygen atoms in total. The van der Waals surface area contributed by atoms with E-state index in [4.69, 9.17) is 14.2 Å². The number of ether oxygens (including phenoxy) is 3. The normalized spacial score (nSPS) is 32.6. The molecule has 4 heterocycles. The van der Waals surface area contributed by atoms with Gasteiger partial charge in [-0.25, -0.2) is 4.79 Å². The van der Waals surface area contributed by atoms with Crippen molar-refractivity contribution in [3.05, 3.63) is 70.8 Å². The Morgan fingerprint density at radius 3 is 1.59 bits per heavy atom. The number of carbonyl (C=O) groups is 2. The molecule has 0 radical (unpaired) electrons. The molecule has 2 saturated heterocycles. The molecule has 34 heavy (non-hydrogen) atoms. The van der Waals surface area contributed by atoms with Crippen molar-refractivity contribution >= 4 is 11.9 Å². The summed E-state index contributed by atoms with van der Waals surface area (Å²) in [7, 11) is 1.41. The maximum atomic E-state index is 12.0. The molecule has 0 saturated carbocycles. The van der Waals surface area contributed by atoms with E-state index in [1.54, 1.807) is 0 Å². The monoisotopic (exact) mass is 452 g/mol. The standard InChI is InChI=1S/C13H14O3.C12H12O3.2Li.H2O/c1-12-7-8-13(16-12,11(14)15-2)10-6-4-3-5-9(10)12;1-11-6-7-12(15-11,10(13)14)9-5-3-2-4-8(9)11;;;/h3-6H,7-8H2,1-2H3;2-5H,6-7H2,1H3,(H,13,14);;;1H2/q;;2*+1;/p-2/t12-,13+;11-,12+;;;/m11.../s1. The Labute approximate surface area is 223 Å². The van der Waals surface area contributed by atoms with Gasteiger partial charge in [-0.15, -0.1) is 0 Å². The summed E-state index contributed by atoms with van der Waals surface area (Å²) >= 11 is 0. The summed E-state index contributed by atoms with van der Waals surface area (Å²) in [6, 6.07) is 15.5. The van der Waals surface area contributed by atoms with E-state index in [1.165, 1.54) is 7.11 Å². The molecule has 4 bridgehead atoms. The van der Waals surface area contributed by atoms with Crippen molar-refractivity contribution in [2.75, 3.05) is 7.11 Å². The zero-order chi connectivity index (χ0) is 22.1. The summed E-state index contributed by atoms with van der Waals surface area (Å²) in [6.07, 6.45) is 2.85. The predicted molar refractivity (Wildman–Crippen MR) is 111 cm³/mol. The summed E-state index contributed by atoms with van der Waals surface area (Å²) in [6.45, 7) is 3.99. The van der Waals surface area contributed by atoms with E-state index < -0.39 is 22.8 Å². The SMILES string of the molecule is COC(=O)[C@@]12CC[C@@](C)(O1)c1ccccc12.C[C@]12CC[C@](C(=O)[O-])(O1)c1ccccc12.[Li+].[Li+].[OH-]. The molecule has 6 rings (SSSR count). The summed E-state index contributed by atoms with van der Waals surface area (Å²) in [5.74, 6) is -1.39. The average Bonchev–Trinajstić information content (AvgIpc) is 3.48. The van der Waals surface area contributed by atoms with E-state index in [1.807, 2.05) is 62.4 Å². The van der Waals surface area contributed by atoms with E-state index in [0.29, 0.717) is 12.8 Å². The first kappa shape index (κ1) is 28.7. The Bertz CT molecular complexity index is 1110. The summed E-state index contributed by atoms with van der Waals surface area (Å²) in [4.78, 5) is 23.2. The maximum Gasteiger partial charge on any atom is 1.00 e. The molecule has 4 atom stereocenters. The van der Waals surface area contributed by atoms with Gasteiger partial charge < -0.3 is 29.6 Å². The van der Waals surface area contributed by atoms with Crippen molar-refractivity contribution < 1.29 is 72.1 Å². The molecule has 0 unspecified atom stereocenters. The van der Waals surface area contributed by atoms with Crippen LogP contribution in [0.2, 0.25) is 0 Å². The fraction of sp³-hybridized carbons (Fsp3) is 0.440. The van der Waals surface area contributed by atoms with Gasteiger partial charge in [-0.2, -0.15) is 0 Å². The third kappa shape index (κ3) is 3.70. The number of rotatable bonds is 2. The third-order valence-electron chi connectivity index (χ3n) is 7.42. The first-order valence-corrected chi connectivity index (χ1v) is 10.6. The van der Waals surface area contributed by atoms with E-state index in [9.17, 15) is 14.7 Å². The largest absolute Gasteiger partial charge is 1.00 e. The molecule has 9 heteroatoms. The van der Waals surface area contributed by atoms with Crippen LogP contribution >= 0.6 is 0 Å². The minimum atomic E-state index is -1.19. The van der Waals surface area contributed by atoms with Gasteiger partial charge >= 0.3 is 43.7 Å². The van der Waals surface area contributed by atoms with Gasteiger partial charge in [0.15, 0.2) is 5.60 Å². The Morgan fingerprint density at radius 2 is 1.15 bits per heavy atom. The first-order chi connectivity index (χ1) is 14.7. The van der Waals surface area contributed by atoms with Gasteiger partial charge in [-0.05, 0) is 56.2 Å². The number of methoxy groups -OCH3 is 1. The van der Waals surface area contributed by atoms with Gasteiger partial charge in [0.1, 0.15) is 5.60 Å². The van der Waals surface area contributed by atoms with Crippen molar-refractivity contribution in [2.24, 2.45) is 0 Å². The van der Waals surface area contributed by atoms with E-state index in [-0.39, 0.29) is 54.8 Å². The molecular formula is C25H26Li2O7. The number of hydrogen-bond donors (Lipinski definition) is 0. The van der Waals surface area contributed by atoms with E-state index >= 15 is 0 Å². The summed E-state index contributed by atoms with van der Waals surface area (Å²) in [5.41, 5.74) is 1.11. The van der Waals surface area contributed by atoms with Gasteiger partial charge in [0, 0.05) is 5.56 Å². The van der Waals surface area contributed by atoms with Crippen LogP contribution in [-0.4, -0.2) is 24.5 Å². The molecule has 0 amide bonds. The number of esters is 1. The van der Waals surface area contributed by atoms with Crippen molar-refractivity contribution in [1.29, 1.82) is 0 Å². The number of carboxylic acids is 1. The smallest absolute Gasteiger partial charge is 0.870 e. The number of carboxylic acid groups (broad SMARTS) is 1. The molecule has 4 aliphatic rings. The molecule has 170 valence electrons. The topological polar surface area (TPSA) is 115 Å². The molecule has 1 N–H and O–H groups in total. The van der Waals surface area contributed by atoms with Crippen molar-refractivity contribution in [1.82, 2.24) is 0 Å². The maximum absolute atomic E-state index is 12.0. The minimum absolute atomic E-state index is 0. The zero-order valence-corrected chi connectivity index (χ0v) is 20.3. The fourth-order valence-corrected chi connectivity index (χ4v) is 5.83. The van der Waals surface area contributed by atoms with E-state index in [2.05, 4.69) is 0 Å². The van der Waals surface area contributed by atoms with Crippen LogP contribution in [0.25, 0.3) is 0 Å². The van der Waals surface area contributed by atoms with Crippen LogP contribution in [0.4, 0.5) is 0 Å². The quantitative estimate of drug-likeness (QED) is 0.345. The fourth-order valence-electron chi connectivity index (χ4n) is 5.83. The molecular weight excluding hydrogens is 426 g/mol. The van der Waals surface area contributed by atoms with Crippen LogP contribution in [0, 0.1) is 0 Å². The van der Waals surface area contributed by atoms with Crippen LogP contribution in [0.3, 0.4) is 0 Å². The third-order valence-corrected chi connectivity index (χ3v) is 7.42. The number of carbonyl (C=O) groups excluding carboxylic acids is 2. The Hall–Kier alpha value is -1.55. The Morgan fingerprint density at radius 1 is 0.765 bits per heavy atom. The Kier molecular flexibility index (Phi) is 8.01. The second kappa shape index (κ2) is 9.49. The van der Waals surface area contributed by atoms with Crippen LogP contribution in [0.5, 0.6) is 0 Å². The minimum Gasteiger partial charge on any atom is -0.870 e. The van der Waals surface area contributed by atoms with Crippen LogP contribution in [0.1, 0.15) is 61.8 Å². The molecule has 0 aliphatic carbocycles. The van der Waals surface area contributed by atoms with Crippen molar-refractivity contribution in [3.63, 3.8) is 0 Å². The van der Waals surface area contributed by atoms with Gasteiger partial charge in [0.05, 0.1) is 24.3 Å². The molecule has 2 fully saturated rings. The molecule has 4 aliphatic heterocycles. The molecule has 2 aromatic carbocycles. The number of aliphatic carboxylic acids is 1. The predicted octanol–water partition coefficient (Wildman–Crippen LogP) is -3.40. The molecule has 0 aromatic heterocycles. The van der Waals surface area contributed by atoms with Crippen LogP contribution < -0.4 is 42.8 Å². The van der Waals surface area contributed by atoms with Gasteiger partial charge in [-0.1, -0.05) is 48.5 Å². The zero-order valence-electron chi connectivity index (χ0n) is 20.3. The van der Waals surface area contributed by atoms with Gasteiger partial charge in [0.2, 0.25) is 0 Å². The second-order valence-corrected chi connectivity index (χ2v) is 9.19. The first-order valence-electron chi connectivity index (χ1n) is 10.6. The second-order valence-electron chi connectivity index (χ2n) is 9.19. The number of benzene rings is 2. The molecule has 2 aromatic rings. The molecule has 0 spiro atoms. The summed E-state index contributed by atoms with van der Waals surface area (Å²) < 4.78 is 16.6. The van der Waals surface area contributed by atoms with Crippen LogP contribution in [0.15, 0.2) is 48.5 Å². The van der Waals surface area contributed by atoms with Gasteiger partial charge in [0.25, 0.3) is 0 Å². The Balaban J connectivity index is 0.000000221. The average molecular weight is 452 g/mol. The summed E-state index contributed by atoms with van der Waals surface area (Å²) in [5, 5.41) is 11.3. The van der Waals surface area contributed by atoms with Crippen molar-refractivity contribution in [2.45, 2.75) is 61.9 Å². The van der Waals surface area contributed by atoms with Crippen LogP contribution in [-0.2, 0) is 46.2 Å². The van der Waals surface area contributed by atoms with E-state index in [0.717, 1.165) is 35.1 Å². The number of hydrogen-bond acceptors (Lipinski definition) is 7. The van der Waals surface area contributed by atoms with Gasteiger partial charge in [-0.3, -0.25) is 0 Å². The van der Waals surface area contributed by atoms with Crippen molar-refractivity contribution in [3.8, 4) is 0 Å².